The lowest BCUT2D eigenvalue weighted by atomic mass is 9.81. The number of hydrogen-bond donors (Lipinski definition) is 2. The third kappa shape index (κ3) is 4.65. The van der Waals surface area contributed by atoms with Gasteiger partial charge in [0.1, 0.15) is 5.82 Å². The maximum atomic E-state index is 12.5. The van der Waals surface area contributed by atoms with Crippen LogP contribution in [0.3, 0.4) is 0 Å². The number of amides is 1. The highest BCUT2D eigenvalue weighted by molar-refractivity contribution is 5.95. The fourth-order valence-corrected chi connectivity index (χ4v) is 2.70. The maximum Gasteiger partial charge on any atom is 0.254 e. The molecule has 0 saturated carbocycles. The average Bonchev–Trinajstić information content (AvgIpc) is 2.45. The summed E-state index contributed by atoms with van der Waals surface area (Å²) in [6.07, 6.45) is 3.83. The largest absolute Gasteiger partial charge is 0.351 e. The quantitative estimate of drug-likeness (QED) is 0.892. The molecule has 6 heteroatoms. The van der Waals surface area contributed by atoms with Gasteiger partial charge in [0, 0.05) is 12.7 Å². The number of hydrogen-bond acceptors (Lipinski definition) is 4. The Labute approximate surface area is 139 Å². The van der Waals surface area contributed by atoms with Crippen molar-refractivity contribution in [2.45, 2.75) is 46.5 Å². The summed E-state index contributed by atoms with van der Waals surface area (Å²) in [7, 11) is 0. The van der Waals surface area contributed by atoms with Gasteiger partial charge < -0.3 is 10.6 Å². The van der Waals surface area contributed by atoms with E-state index in [-0.39, 0.29) is 29.6 Å². The van der Waals surface area contributed by atoms with Crippen LogP contribution >= 0.6 is 12.4 Å². The van der Waals surface area contributed by atoms with Crippen LogP contribution in [0.15, 0.2) is 6.20 Å². The summed E-state index contributed by atoms with van der Waals surface area (Å²) < 4.78 is 0. The van der Waals surface area contributed by atoms with Gasteiger partial charge in [-0.25, -0.2) is 9.97 Å². The summed E-state index contributed by atoms with van der Waals surface area (Å²) in [5.74, 6) is 0.862. The Balaban J connectivity index is 0.00000242. The van der Waals surface area contributed by atoms with Crippen molar-refractivity contribution in [2.24, 2.45) is 5.41 Å². The fraction of sp³-hybridized carbons (Fsp3) is 0.688. The molecule has 1 aliphatic heterocycles. The van der Waals surface area contributed by atoms with Crippen molar-refractivity contribution in [1.82, 2.24) is 20.6 Å². The van der Waals surface area contributed by atoms with Gasteiger partial charge in [-0.2, -0.15) is 0 Å². The van der Waals surface area contributed by atoms with Crippen molar-refractivity contribution in [3.05, 3.63) is 23.3 Å². The standard InChI is InChI=1S/C16H26N4O.ClH/c1-11(2)14-13(9-18-12(3)20-14)15(21)19-10-16(4)5-7-17-8-6-16;/h9,11,17H,5-8,10H2,1-4H3,(H,19,21);1H. The second kappa shape index (κ2) is 7.88. The number of halogens is 1. The van der Waals surface area contributed by atoms with E-state index >= 15 is 0 Å². The van der Waals surface area contributed by atoms with E-state index in [1.165, 1.54) is 0 Å². The minimum absolute atomic E-state index is 0. The third-order valence-electron chi connectivity index (χ3n) is 4.22. The van der Waals surface area contributed by atoms with E-state index in [0.717, 1.165) is 31.6 Å². The fourth-order valence-electron chi connectivity index (χ4n) is 2.70. The van der Waals surface area contributed by atoms with E-state index < -0.39 is 0 Å². The Morgan fingerprint density at radius 2 is 2.05 bits per heavy atom. The summed E-state index contributed by atoms with van der Waals surface area (Å²) in [6, 6.07) is 0. The van der Waals surface area contributed by atoms with Crippen LogP contribution in [-0.4, -0.2) is 35.5 Å². The van der Waals surface area contributed by atoms with E-state index in [1.807, 2.05) is 20.8 Å². The van der Waals surface area contributed by atoms with Crippen LogP contribution in [0.4, 0.5) is 0 Å². The lowest BCUT2D eigenvalue weighted by Crippen LogP contribution is -2.43. The minimum Gasteiger partial charge on any atom is -0.351 e. The molecule has 1 aromatic heterocycles. The van der Waals surface area contributed by atoms with E-state index in [4.69, 9.17) is 0 Å². The van der Waals surface area contributed by atoms with Gasteiger partial charge in [-0.15, -0.1) is 12.4 Å². The number of aromatic nitrogens is 2. The molecule has 2 rings (SSSR count). The Morgan fingerprint density at radius 3 is 2.64 bits per heavy atom. The van der Waals surface area contributed by atoms with Gasteiger partial charge >= 0.3 is 0 Å². The number of rotatable bonds is 4. The molecule has 0 aliphatic carbocycles. The molecule has 1 saturated heterocycles. The Kier molecular flexibility index (Phi) is 6.75. The third-order valence-corrected chi connectivity index (χ3v) is 4.22. The number of carbonyl (C=O) groups excluding carboxylic acids is 1. The van der Waals surface area contributed by atoms with Gasteiger partial charge in [0.05, 0.1) is 11.3 Å². The Hall–Kier alpha value is -1.20. The molecule has 5 nitrogen and oxygen atoms in total. The Morgan fingerprint density at radius 1 is 1.41 bits per heavy atom. The van der Waals surface area contributed by atoms with Crippen LogP contribution in [-0.2, 0) is 0 Å². The number of piperidine rings is 1. The summed E-state index contributed by atoms with van der Waals surface area (Å²) in [6.45, 7) is 10.9. The molecule has 2 heterocycles. The monoisotopic (exact) mass is 326 g/mol. The lowest BCUT2D eigenvalue weighted by Gasteiger charge is -2.34. The van der Waals surface area contributed by atoms with Crippen LogP contribution in [0, 0.1) is 12.3 Å². The molecule has 22 heavy (non-hydrogen) atoms. The van der Waals surface area contributed by atoms with E-state index in [9.17, 15) is 4.79 Å². The second-order valence-electron chi connectivity index (χ2n) is 6.61. The van der Waals surface area contributed by atoms with Crippen LogP contribution in [0.1, 0.15) is 61.4 Å². The normalized spacial score (nSPS) is 17.0. The zero-order chi connectivity index (χ0) is 15.5. The molecule has 124 valence electrons. The molecule has 0 atom stereocenters. The molecule has 0 unspecified atom stereocenters. The first-order chi connectivity index (χ1) is 9.91. The van der Waals surface area contributed by atoms with Crippen LogP contribution in [0.25, 0.3) is 0 Å². The molecular weight excluding hydrogens is 300 g/mol. The number of aryl methyl sites for hydroxylation is 1. The smallest absolute Gasteiger partial charge is 0.254 e. The molecule has 0 bridgehead atoms. The first-order valence-electron chi connectivity index (χ1n) is 7.74. The van der Waals surface area contributed by atoms with Crippen molar-refractivity contribution < 1.29 is 4.79 Å². The van der Waals surface area contributed by atoms with Crippen molar-refractivity contribution in [1.29, 1.82) is 0 Å². The van der Waals surface area contributed by atoms with Crippen molar-refractivity contribution in [2.75, 3.05) is 19.6 Å². The molecule has 0 radical (unpaired) electrons. The van der Waals surface area contributed by atoms with Gasteiger partial charge in [0.25, 0.3) is 5.91 Å². The summed E-state index contributed by atoms with van der Waals surface area (Å²) in [4.78, 5) is 21.1. The molecule has 1 aromatic rings. The highest BCUT2D eigenvalue weighted by Gasteiger charge is 2.27. The first-order valence-corrected chi connectivity index (χ1v) is 7.74. The first kappa shape index (κ1) is 18.8. The molecule has 1 amide bonds. The van der Waals surface area contributed by atoms with E-state index in [1.54, 1.807) is 6.20 Å². The number of carbonyl (C=O) groups is 1. The van der Waals surface area contributed by atoms with Crippen LogP contribution in [0.5, 0.6) is 0 Å². The van der Waals surface area contributed by atoms with Crippen molar-refractivity contribution >= 4 is 18.3 Å². The number of nitrogens with zero attached hydrogens (tertiary/aromatic N) is 2. The summed E-state index contributed by atoms with van der Waals surface area (Å²) >= 11 is 0. The zero-order valence-electron chi connectivity index (χ0n) is 13.9. The molecule has 1 aliphatic rings. The van der Waals surface area contributed by atoms with Gasteiger partial charge in [0.2, 0.25) is 0 Å². The lowest BCUT2D eigenvalue weighted by molar-refractivity contribution is 0.0920. The molecule has 0 spiro atoms. The second-order valence-corrected chi connectivity index (χ2v) is 6.61. The minimum atomic E-state index is -0.0570. The molecular formula is C16H27ClN4O. The highest BCUT2D eigenvalue weighted by Crippen LogP contribution is 2.27. The van der Waals surface area contributed by atoms with Crippen molar-refractivity contribution in [3.8, 4) is 0 Å². The molecule has 2 N–H and O–H groups in total. The number of nitrogens with one attached hydrogen (secondary N) is 2. The van der Waals surface area contributed by atoms with Gasteiger partial charge in [0.15, 0.2) is 0 Å². The van der Waals surface area contributed by atoms with E-state index in [0.29, 0.717) is 17.9 Å². The predicted molar refractivity (Wildman–Crippen MR) is 90.6 cm³/mol. The highest BCUT2D eigenvalue weighted by atomic mass is 35.5. The molecule has 0 aromatic carbocycles. The van der Waals surface area contributed by atoms with Crippen LogP contribution < -0.4 is 10.6 Å². The average molecular weight is 327 g/mol. The Bertz CT molecular complexity index is 513. The van der Waals surface area contributed by atoms with Crippen molar-refractivity contribution in [3.63, 3.8) is 0 Å². The summed E-state index contributed by atoms with van der Waals surface area (Å²) in [5, 5.41) is 6.43. The van der Waals surface area contributed by atoms with Gasteiger partial charge in [-0.1, -0.05) is 20.8 Å². The van der Waals surface area contributed by atoms with Gasteiger partial charge in [-0.3, -0.25) is 4.79 Å². The summed E-state index contributed by atoms with van der Waals surface area (Å²) in [5.41, 5.74) is 1.62. The van der Waals surface area contributed by atoms with E-state index in [2.05, 4.69) is 27.5 Å². The topological polar surface area (TPSA) is 66.9 Å². The predicted octanol–water partition coefficient (Wildman–Crippen LogP) is 2.45. The SMILES string of the molecule is Cc1ncc(C(=O)NCC2(C)CCNCC2)c(C(C)C)n1.Cl. The maximum absolute atomic E-state index is 12.5. The zero-order valence-corrected chi connectivity index (χ0v) is 14.7. The molecule has 1 fully saturated rings. The van der Waals surface area contributed by atoms with Crippen LogP contribution in [0.2, 0.25) is 0 Å². The van der Waals surface area contributed by atoms with Gasteiger partial charge in [-0.05, 0) is 44.2 Å².